The molecule has 0 aliphatic heterocycles. The highest BCUT2D eigenvalue weighted by Crippen LogP contribution is 2.17. The van der Waals surface area contributed by atoms with E-state index in [9.17, 15) is 9.59 Å². The number of hydrogen-bond acceptors (Lipinski definition) is 4. The van der Waals surface area contributed by atoms with Crippen LogP contribution in [0.3, 0.4) is 0 Å². The number of nitrogens with zero attached hydrogens (tertiary/aromatic N) is 1. The van der Waals surface area contributed by atoms with Gasteiger partial charge in [-0.3, -0.25) is 4.79 Å². The number of benzene rings is 1. The zero-order chi connectivity index (χ0) is 17.6. The molecule has 0 aromatic heterocycles. The van der Waals surface area contributed by atoms with Gasteiger partial charge in [0, 0.05) is 32.4 Å². The Kier molecular flexibility index (Phi) is 6.42. The molecule has 0 saturated heterocycles. The van der Waals surface area contributed by atoms with Crippen LogP contribution in [-0.2, 0) is 4.74 Å². The van der Waals surface area contributed by atoms with E-state index in [0.29, 0.717) is 12.1 Å². The fraction of sp³-hybridized carbons (Fsp3) is 0.529. The molecule has 0 spiro atoms. The van der Waals surface area contributed by atoms with Crippen molar-refractivity contribution in [3.8, 4) is 0 Å². The molecular formula is C17H27N3O3. The Hall–Kier alpha value is -2.24. The first kappa shape index (κ1) is 18.8. The van der Waals surface area contributed by atoms with Gasteiger partial charge in [-0.15, -0.1) is 0 Å². The lowest BCUT2D eigenvalue weighted by molar-refractivity contribution is 0.0526. The fourth-order valence-electron chi connectivity index (χ4n) is 1.90. The average molecular weight is 321 g/mol. The lowest BCUT2D eigenvalue weighted by Crippen LogP contribution is -2.38. The summed E-state index contributed by atoms with van der Waals surface area (Å²) >= 11 is 0. The second kappa shape index (κ2) is 7.85. The molecule has 2 amide bonds. The molecule has 6 nitrogen and oxygen atoms in total. The van der Waals surface area contributed by atoms with Crippen LogP contribution in [-0.4, -0.2) is 49.2 Å². The van der Waals surface area contributed by atoms with E-state index in [0.717, 1.165) is 5.69 Å². The number of amides is 2. The van der Waals surface area contributed by atoms with Gasteiger partial charge in [-0.2, -0.15) is 0 Å². The number of ether oxygens (including phenoxy) is 1. The molecule has 128 valence electrons. The molecule has 0 heterocycles. The number of para-hydroxylation sites is 1. The van der Waals surface area contributed by atoms with E-state index in [1.165, 1.54) is 4.90 Å². The van der Waals surface area contributed by atoms with Crippen molar-refractivity contribution in [2.75, 3.05) is 26.0 Å². The van der Waals surface area contributed by atoms with Crippen molar-refractivity contribution in [2.45, 2.75) is 39.3 Å². The van der Waals surface area contributed by atoms with Gasteiger partial charge in [-0.05, 0) is 39.8 Å². The minimum atomic E-state index is -0.522. The van der Waals surface area contributed by atoms with Crippen LogP contribution >= 0.6 is 0 Å². The lowest BCUT2D eigenvalue weighted by atomic mass is 10.1. The predicted octanol–water partition coefficient (Wildman–Crippen LogP) is 2.71. The van der Waals surface area contributed by atoms with E-state index in [4.69, 9.17) is 4.74 Å². The Morgan fingerprint density at radius 3 is 2.39 bits per heavy atom. The molecular weight excluding hydrogens is 294 g/mol. The van der Waals surface area contributed by atoms with Crippen LogP contribution in [0.15, 0.2) is 24.3 Å². The third kappa shape index (κ3) is 6.59. The first-order chi connectivity index (χ1) is 10.6. The monoisotopic (exact) mass is 321 g/mol. The molecule has 1 rings (SSSR count). The van der Waals surface area contributed by atoms with Crippen molar-refractivity contribution in [3.05, 3.63) is 29.8 Å². The van der Waals surface area contributed by atoms with E-state index < -0.39 is 11.7 Å². The molecule has 1 unspecified atom stereocenters. The van der Waals surface area contributed by atoms with Gasteiger partial charge in [-0.25, -0.2) is 4.79 Å². The Labute approximate surface area is 138 Å². The van der Waals surface area contributed by atoms with Crippen molar-refractivity contribution < 1.29 is 14.3 Å². The average Bonchev–Trinajstić information content (AvgIpc) is 2.43. The molecule has 2 N–H and O–H groups in total. The van der Waals surface area contributed by atoms with Crippen molar-refractivity contribution >= 4 is 17.7 Å². The molecule has 0 bridgehead atoms. The van der Waals surface area contributed by atoms with Crippen LogP contribution < -0.4 is 10.6 Å². The van der Waals surface area contributed by atoms with Crippen molar-refractivity contribution in [1.29, 1.82) is 0 Å². The van der Waals surface area contributed by atoms with E-state index in [1.54, 1.807) is 20.2 Å². The Morgan fingerprint density at radius 1 is 1.22 bits per heavy atom. The molecule has 1 atom stereocenters. The summed E-state index contributed by atoms with van der Waals surface area (Å²) in [6.07, 6.45) is -0.455. The minimum absolute atomic E-state index is 0.0568. The summed E-state index contributed by atoms with van der Waals surface area (Å²) in [5, 5.41) is 5.96. The summed E-state index contributed by atoms with van der Waals surface area (Å²) in [6.45, 7) is 7.76. The SMILES string of the molecule is CC(CNC(=O)OC(C)(C)C)Nc1ccccc1C(=O)N(C)C. The van der Waals surface area contributed by atoms with Crippen molar-refractivity contribution in [3.63, 3.8) is 0 Å². The second-order valence-electron chi connectivity index (χ2n) is 6.67. The van der Waals surface area contributed by atoms with Gasteiger partial charge >= 0.3 is 6.09 Å². The number of carbonyl (C=O) groups is 2. The summed E-state index contributed by atoms with van der Waals surface area (Å²) in [5.74, 6) is -0.0691. The van der Waals surface area contributed by atoms with Crippen LogP contribution in [0.5, 0.6) is 0 Å². The van der Waals surface area contributed by atoms with Gasteiger partial charge in [0.05, 0.1) is 5.56 Å². The highest BCUT2D eigenvalue weighted by molar-refractivity contribution is 5.99. The van der Waals surface area contributed by atoms with Crippen molar-refractivity contribution in [2.24, 2.45) is 0 Å². The van der Waals surface area contributed by atoms with Gasteiger partial charge < -0.3 is 20.3 Å². The minimum Gasteiger partial charge on any atom is -0.444 e. The van der Waals surface area contributed by atoms with Crippen LogP contribution in [0.25, 0.3) is 0 Å². The predicted molar refractivity (Wildman–Crippen MR) is 91.8 cm³/mol. The first-order valence-electron chi connectivity index (χ1n) is 7.64. The van der Waals surface area contributed by atoms with Crippen LogP contribution in [0.1, 0.15) is 38.1 Å². The standard InChI is InChI=1S/C17H27N3O3/c1-12(11-18-16(22)23-17(2,3)4)19-14-10-8-7-9-13(14)15(21)20(5)6/h7-10,12,19H,11H2,1-6H3,(H,18,22). The molecule has 0 aliphatic rings. The number of alkyl carbamates (subject to hydrolysis) is 1. The Bertz CT molecular complexity index is 550. The molecule has 6 heteroatoms. The number of nitrogens with one attached hydrogen (secondary N) is 2. The number of carbonyl (C=O) groups excluding carboxylic acids is 2. The summed E-state index contributed by atoms with van der Waals surface area (Å²) in [5.41, 5.74) is 0.817. The highest BCUT2D eigenvalue weighted by Gasteiger charge is 2.17. The summed E-state index contributed by atoms with van der Waals surface area (Å²) in [7, 11) is 3.43. The largest absolute Gasteiger partial charge is 0.444 e. The van der Waals surface area contributed by atoms with Crippen LogP contribution in [0.2, 0.25) is 0 Å². The highest BCUT2D eigenvalue weighted by atomic mass is 16.6. The van der Waals surface area contributed by atoms with E-state index in [2.05, 4.69) is 10.6 Å². The zero-order valence-corrected chi connectivity index (χ0v) is 14.8. The van der Waals surface area contributed by atoms with E-state index in [1.807, 2.05) is 45.9 Å². The molecule has 23 heavy (non-hydrogen) atoms. The number of rotatable bonds is 5. The quantitative estimate of drug-likeness (QED) is 0.875. The number of hydrogen-bond donors (Lipinski definition) is 2. The molecule has 0 aliphatic carbocycles. The number of anilines is 1. The molecule has 1 aromatic rings. The van der Waals surface area contributed by atoms with Crippen molar-refractivity contribution in [1.82, 2.24) is 10.2 Å². The maximum Gasteiger partial charge on any atom is 0.407 e. The summed E-state index contributed by atoms with van der Waals surface area (Å²) in [6, 6.07) is 7.26. The van der Waals surface area contributed by atoms with Gasteiger partial charge in [-0.1, -0.05) is 12.1 Å². The molecule has 0 saturated carbocycles. The smallest absolute Gasteiger partial charge is 0.407 e. The normalized spacial score (nSPS) is 12.3. The summed E-state index contributed by atoms with van der Waals surface area (Å²) < 4.78 is 5.19. The Morgan fingerprint density at radius 2 is 1.83 bits per heavy atom. The molecule has 0 fully saturated rings. The summed E-state index contributed by atoms with van der Waals surface area (Å²) in [4.78, 5) is 25.4. The first-order valence-corrected chi connectivity index (χ1v) is 7.64. The van der Waals surface area contributed by atoms with Crippen LogP contribution in [0, 0.1) is 0 Å². The fourth-order valence-corrected chi connectivity index (χ4v) is 1.90. The third-order valence-corrected chi connectivity index (χ3v) is 2.92. The lowest BCUT2D eigenvalue weighted by Gasteiger charge is -2.22. The maximum absolute atomic E-state index is 12.2. The zero-order valence-electron chi connectivity index (χ0n) is 14.8. The van der Waals surface area contributed by atoms with Gasteiger partial charge in [0.2, 0.25) is 0 Å². The topological polar surface area (TPSA) is 70.7 Å². The van der Waals surface area contributed by atoms with E-state index >= 15 is 0 Å². The third-order valence-electron chi connectivity index (χ3n) is 2.92. The van der Waals surface area contributed by atoms with E-state index in [-0.39, 0.29) is 11.9 Å². The van der Waals surface area contributed by atoms with Gasteiger partial charge in [0.1, 0.15) is 5.60 Å². The molecule has 0 radical (unpaired) electrons. The van der Waals surface area contributed by atoms with Gasteiger partial charge in [0.25, 0.3) is 5.91 Å². The van der Waals surface area contributed by atoms with Gasteiger partial charge in [0.15, 0.2) is 0 Å². The second-order valence-corrected chi connectivity index (χ2v) is 6.67. The molecule has 1 aromatic carbocycles. The Balaban J connectivity index is 2.63. The van der Waals surface area contributed by atoms with Crippen LogP contribution in [0.4, 0.5) is 10.5 Å². The maximum atomic E-state index is 12.2.